The molecule has 0 fully saturated rings. The van der Waals surface area contributed by atoms with Crippen molar-refractivity contribution in [3.05, 3.63) is 53.5 Å². The number of carbonyl (C=O) groups excluding carboxylic acids is 2. The zero-order valence-electron chi connectivity index (χ0n) is 15.0. The molecule has 138 valence electrons. The first kappa shape index (κ1) is 19.2. The lowest BCUT2D eigenvalue weighted by atomic mass is 10.1. The van der Waals surface area contributed by atoms with Crippen molar-refractivity contribution in [3.63, 3.8) is 0 Å². The van der Waals surface area contributed by atoms with Gasteiger partial charge in [-0.25, -0.2) is 0 Å². The van der Waals surface area contributed by atoms with E-state index in [1.165, 1.54) is 11.2 Å². The Bertz CT molecular complexity index is 796. The largest absolute Gasteiger partial charge is 0.481 e. The molecule has 1 aromatic carbocycles. The van der Waals surface area contributed by atoms with Gasteiger partial charge in [-0.05, 0) is 50.6 Å². The summed E-state index contributed by atoms with van der Waals surface area (Å²) >= 11 is 0. The number of aryl methyl sites for hydroxylation is 1. The maximum absolute atomic E-state index is 12.8. The summed E-state index contributed by atoms with van der Waals surface area (Å²) in [5.41, 5.74) is 1.67. The van der Waals surface area contributed by atoms with Crippen LogP contribution in [0.5, 0.6) is 0 Å². The molecular formula is C19H22N2O5. The second kappa shape index (κ2) is 8.33. The molecule has 2 rings (SSSR count). The third kappa shape index (κ3) is 4.72. The number of furan rings is 1. The Morgan fingerprint density at radius 3 is 2.54 bits per heavy atom. The number of nitrogens with zero attached hydrogens (tertiary/aromatic N) is 1. The van der Waals surface area contributed by atoms with Crippen molar-refractivity contribution < 1.29 is 23.9 Å². The van der Waals surface area contributed by atoms with Crippen molar-refractivity contribution in [2.45, 2.75) is 33.2 Å². The lowest BCUT2D eigenvalue weighted by Gasteiger charge is -2.26. The number of anilines is 1. The molecular weight excluding hydrogens is 336 g/mol. The number of benzene rings is 1. The van der Waals surface area contributed by atoms with Crippen LogP contribution in [0, 0.1) is 6.92 Å². The molecule has 26 heavy (non-hydrogen) atoms. The predicted octanol–water partition coefficient (Wildman–Crippen LogP) is 3.17. The molecule has 0 unspecified atom stereocenters. The summed E-state index contributed by atoms with van der Waals surface area (Å²) in [6, 6.07) is 8.01. The van der Waals surface area contributed by atoms with Gasteiger partial charge < -0.3 is 19.7 Å². The summed E-state index contributed by atoms with van der Waals surface area (Å²) < 4.78 is 5.07. The van der Waals surface area contributed by atoms with Gasteiger partial charge in [0.25, 0.3) is 11.8 Å². The number of amides is 2. The maximum Gasteiger partial charge on any atom is 0.305 e. The number of carboxylic acid groups (broad SMARTS) is 1. The third-order valence-corrected chi connectivity index (χ3v) is 3.93. The van der Waals surface area contributed by atoms with Gasteiger partial charge in [0.2, 0.25) is 0 Å². The molecule has 0 saturated carbocycles. The quantitative estimate of drug-likeness (QED) is 0.792. The number of rotatable bonds is 7. The number of nitrogens with one attached hydrogen (secondary N) is 1. The van der Waals surface area contributed by atoms with E-state index in [1.54, 1.807) is 30.3 Å². The van der Waals surface area contributed by atoms with E-state index >= 15 is 0 Å². The molecule has 0 atom stereocenters. The minimum absolute atomic E-state index is 0.119. The van der Waals surface area contributed by atoms with E-state index in [0.717, 1.165) is 5.56 Å². The van der Waals surface area contributed by atoms with Crippen molar-refractivity contribution >= 4 is 23.5 Å². The fourth-order valence-corrected chi connectivity index (χ4v) is 2.46. The van der Waals surface area contributed by atoms with E-state index in [0.29, 0.717) is 11.3 Å². The highest BCUT2D eigenvalue weighted by Crippen LogP contribution is 2.20. The van der Waals surface area contributed by atoms with Crippen molar-refractivity contribution in [2.24, 2.45) is 0 Å². The van der Waals surface area contributed by atoms with E-state index < -0.39 is 11.9 Å². The van der Waals surface area contributed by atoms with Crippen molar-refractivity contribution in [3.8, 4) is 0 Å². The smallest absolute Gasteiger partial charge is 0.305 e. The molecule has 0 saturated heterocycles. The first-order valence-corrected chi connectivity index (χ1v) is 8.28. The zero-order valence-corrected chi connectivity index (χ0v) is 15.0. The van der Waals surface area contributed by atoms with Crippen molar-refractivity contribution in [1.29, 1.82) is 0 Å². The number of carboxylic acids is 1. The molecule has 1 heterocycles. The molecule has 1 aromatic heterocycles. The van der Waals surface area contributed by atoms with Crippen LogP contribution in [0.4, 0.5) is 5.69 Å². The molecule has 7 heteroatoms. The molecule has 0 bridgehead atoms. The Hall–Kier alpha value is -3.09. The fourth-order valence-electron chi connectivity index (χ4n) is 2.46. The SMILES string of the molecule is Cc1ccc(C(=O)N(CCC(=O)O)C(C)C)cc1NC(=O)c1ccco1. The number of carbonyl (C=O) groups is 3. The summed E-state index contributed by atoms with van der Waals surface area (Å²) in [5.74, 6) is -1.48. The van der Waals surface area contributed by atoms with E-state index in [1.807, 2.05) is 20.8 Å². The van der Waals surface area contributed by atoms with Crippen LogP contribution in [0.1, 0.15) is 46.7 Å². The lowest BCUT2D eigenvalue weighted by molar-refractivity contribution is -0.137. The average Bonchev–Trinajstić information content (AvgIpc) is 3.10. The van der Waals surface area contributed by atoms with Gasteiger partial charge in [0.1, 0.15) is 0 Å². The minimum atomic E-state index is -0.959. The van der Waals surface area contributed by atoms with Gasteiger partial charge in [-0.2, -0.15) is 0 Å². The third-order valence-electron chi connectivity index (χ3n) is 3.93. The molecule has 0 aliphatic heterocycles. The molecule has 0 radical (unpaired) electrons. The summed E-state index contributed by atoms with van der Waals surface area (Å²) in [7, 11) is 0. The predicted molar refractivity (Wildman–Crippen MR) is 96.3 cm³/mol. The molecule has 2 amide bonds. The van der Waals surface area contributed by atoms with Gasteiger partial charge in [-0.15, -0.1) is 0 Å². The molecule has 0 spiro atoms. The van der Waals surface area contributed by atoms with Crippen molar-refractivity contribution in [1.82, 2.24) is 4.90 Å². The van der Waals surface area contributed by atoms with Crippen LogP contribution in [-0.2, 0) is 4.79 Å². The Morgan fingerprint density at radius 2 is 1.96 bits per heavy atom. The van der Waals surface area contributed by atoms with E-state index in [9.17, 15) is 14.4 Å². The van der Waals surface area contributed by atoms with Crippen LogP contribution in [0.15, 0.2) is 41.0 Å². The van der Waals surface area contributed by atoms with Gasteiger partial charge >= 0.3 is 5.97 Å². The van der Waals surface area contributed by atoms with E-state index in [-0.39, 0.29) is 30.7 Å². The normalized spacial score (nSPS) is 10.6. The first-order valence-electron chi connectivity index (χ1n) is 8.28. The number of hydrogen-bond acceptors (Lipinski definition) is 4. The standard InChI is InChI=1S/C19H22N2O5/c1-12(2)21(9-8-17(22)23)19(25)14-7-6-13(3)15(11-14)20-18(24)16-5-4-10-26-16/h4-7,10-12H,8-9H2,1-3H3,(H,20,24)(H,22,23). The Morgan fingerprint density at radius 1 is 1.23 bits per heavy atom. The van der Waals surface area contributed by atoms with Crippen molar-refractivity contribution in [2.75, 3.05) is 11.9 Å². The van der Waals surface area contributed by atoms with Crippen LogP contribution in [0.2, 0.25) is 0 Å². The maximum atomic E-state index is 12.8. The second-order valence-corrected chi connectivity index (χ2v) is 6.20. The highest BCUT2D eigenvalue weighted by atomic mass is 16.4. The molecule has 0 aliphatic carbocycles. The number of hydrogen-bond donors (Lipinski definition) is 2. The second-order valence-electron chi connectivity index (χ2n) is 6.20. The average molecular weight is 358 g/mol. The van der Waals surface area contributed by atoms with Gasteiger partial charge in [-0.1, -0.05) is 6.07 Å². The monoisotopic (exact) mass is 358 g/mol. The zero-order chi connectivity index (χ0) is 19.3. The molecule has 7 nitrogen and oxygen atoms in total. The van der Waals surface area contributed by atoms with Gasteiger partial charge in [-0.3, -0.25) is 14.4 Å². The highest BCUT2D eigenvalue weighted by Gasteiger charge is 2.21. The molecule has 2 N–H and O–H groups in total. The Labute approximate surface area is 151 Å². The first-order chi connectivity index (χ1) is 12.3. The van der Waals surface area contributed by atoms with Gasteiger partial charge in [0, 0.05) is 23.8 Å². The summed E-state index contributed by atoms with van der Waals surface area (Å²) in [6.07, 6.45) is 1.28. The Balaban J connectivity index is 2.22. The van der Waals surface area contributed by atoms with E-state index in [2.05, 4.69) is 5.32 Å². The summed E-state index contributed by atoms with van der Waals surface area (Å²) in [5, 5.41) is 11.6. The lowest BCUT2D eigenvalue weighted by Crippen LogP contribution is -2.38. The number of aliphatic carboxylic acids is 1. The van der Waals surface area contributed by atoms with E-state index in [4.69, 9.17) is 9.52 Å². The summed E-state index contributed by atoms with van der Waals surface area (Å²) in [4.78, 5) is 37.3. The molecule has 2 aromatic rings. The minimum Gasteiger partial charge on any atom is -0.481 e. The summed E-state index contributed by atoms with van der Waals surface area (Å²) in [6.45, 7) is 5.59. The van der Waals surface area contributed by atoms with Gasteiger partial charge in [0.15, 0.2) is 5.76 Å². The highest BCUT2D eigenvalue weighted by molar-refractivity contribution is 6.04. The van der Waals surface area contributed by atoms with Crippen LogP contribution in [0.25, 0.3) is 0 Å². The van der Waals surface area contributed by atoms with Crippen LogP contribution < -0.4 is 5.32 Å². The van der Waals surface area contributed by atoms with Crippen LogP contribution in [0.3, 0.4) is 0 Å². The fraction of sp³-hybridized carbons (Fsp3) is 0.316. The van der Waals surface area contributed by atoms with Crippen LogP contribution >= 0.6 is 0 Å². The molecule has 0 aliphatic rings. The van der Waals surface area contributed by atoms with Gasteiger partial charge in [0.05, 0.1) is 12.7 Å². The topological polar surface area (TPSA) is 99.9 Å². The Kier molecular flexibility index (Phi) is 6.16. The van der Waals surface area contributed by atoms with Crippen LogP contribution in [-0.4, -0.2) is 40.4 Å².